The number of nitriles is 1. The van der Waals surface area contributed by atoms with Gasteiger partial charge in [0.2, 0.25) is 0 Å². The highest BCUT2D eigenvalue weighted by Gasteiger charge is 2.36. The molecule has 0 bridgehead atoms. The molecule has 1 fully saturated rings. The average molecular weight is 305 g/mol. The van der Waals surface area contributed by atoms with Gasteiger partial charge in [-0.15, -0.1) is 0 Å². The second-order valence-corrected chi connectivity index (χ2v) is 6.03. The van der Waals surface area contributed by atoms with Crippen molar-refractivity contribution in [3.63, 3.8) is 0 Å². The summed E-state index contributed by atoms with van der Waals surface area (Å²) in [5.74, 6) is 1.05. The Morgan fingerprint density at radius 2 is 1.65 bits per heavy atom. The van der Waals surface area contributed by atoms with E-state index in [1.54, 1.807) is 0 Å². The van der Waals surface area contributed by atoms with E-state index >= 15 is 0 Å². The fraction of sp³-hybridized carbons (Fsp3) is 0.300. The Labute approximate surface area is 136 Å². The third-order valence-corrected chi connectivity index (χ3v) is 4.53. The zero-order valence-electron chi connectivity index (χ0n) is 13.0. The molecule has 2 aromatic rings. The minimum Gasteiger partial charge on any atom is -0.489 e. The van der Waals surface area contributed by atoms with E-state index in [0.717, 1.165) is 16.9 Å². The lowest BCUT2D eigenvalue weighted by molar-refractivity contribution is -0.120. The summed E-state index contributed by atoms with van der Waals surface area (Å²) in [6.07, 6.45) is 2.23. The molecule has 0 aliphatic heterocycles. The molecule has 0 heterocycles. The molecule has 0 spiro atoms. The van der Waals surface area contributed by atoms with Crippen LogP contribution in [-0.2, 0) is 16.8 Å². The molecule has 0 radical (unpaired) electrons. The number of hydrogen-bond donors (Lipinski definition) is 0. The van der Waals surface area contributed by atoms with Gasteiger partial charge in [0.1, 0.15) is 18.1 Å². The standard InChI is InChI=1S/C20H19NO2/c21-15-20(12-10-18(22)11-13-20)17-6-8-19(9-7-17)23-14-16-4-2-1-3-5-16/h1-9H,10-14H2. The first kappa shape index (κ1) is 15.3. The van der Waals surface area contributed by atoms with E-state index in [1.165, 1.54) is 0 Å². The maximum absolute atomic E-state index is 11.4. The molecule has 116 valence electrons. The number of ether oxygens (including phenoxy) is 1. The van der Waals surface area contributed by atoms with Crippen LogP contribution in [0.1, 0.15) is 36.8 Å². The molecule has 1 saturated carbocycles. The van der Waals surface area contributed by atoms with Crippen LogP contribution in [0, 0.1) is 11.3 Å². The Balaban J connectivity index is 1.69. The van der Waals surface area contributed by atoms with Crippen LogP contribution in [-0.4, -0.2) is 5.78 Å². The van der Waals surface area contributed by atoms with Crippen molar-refractivity contribution in [2.24, 2.45) is 0 Å². The number of carbonyl (C=O) groups excluding carboxylic acids is 1. The summed E-state index contributed by atoms with van der Waals surface area (Å²) in [5, 5.41) is 9.61. The van der Waals surface area contributed by atoms with E-state index in [2.05, 4.69) is 6.07 Å². The summed E-state index contributed by atoms with van der Waals surface area (Å²) in [7, 11) is 0. The smallest absolute Gasteiger partial charge is 0.133 e. The van der Waals surface area contributed by atoms with Crippen LogP contribution in [0.3, 0.4) is 0 Å². The van der Waals surface area contributed by atoms with Gasteiger partial charge in [0.05, 0.1) is 11.5 Å². The molecule has 0 atom stereocenters. The summed E-state index contributed by atoms with van der Waals surface area (Å²) in [6, 6.07) is 20.2. The van der Waals surface area contributed by atoms with Crippen LogP contribution < -0.4 is 4.74 Å². The predicted octanol–water partition coefficient (Wildman–Crippen LogP) is 4.17. The van der Waals surface area contributed by atoms with Gasteiger partial charge in [-0.05, 0) is 36.1 Å². The van der Waals surface area contributed by atoms with Crippen LogP contribution >= 0.6 is 0 Å². The number of nitrogens with zero attached hydrogens (tertiary/aromatic N) is 1. The van der Waals surface area contributed by atoms with Gasteiger partial charge < -0.3 is 4.74 Å². The van der Waals surface area contributed by atoms with E-state index in [4.69, 9.17) is 4.74 Å². The van der Waals surface area contributed by atoms with E-state index in [-0.39, 0.29) is 5.78 Å². The van der Waals surface area contributed by atoms with Crippen LogP contribution in [0.15, 0.2) is 54.6 Å². The number of carbonyl (C=O) groups is 1. The van der Waals surface area contributed by atoms with E-state index in [9.17, 15) is 10.1 Å². The molecule has 0 N–H and O–H groups in total. The van der Waals surface area contributed by atoms with Crippen molar-refractivity contribution in [2.75, 3.05) is 0 Å². The number of Topliss-reactive ketones (excluding diaryl/α,β-unsaturated/α-hetero) is 1. The molecule has 1 aliphatic carbocycles. The van der Waals surface area contributed by atoms with Crippen molar-refractivity contribution < 1.29 is 9.53 Å². The number of benzene rings is 2. The Morgan fingerprint density at radius 1 is 1.00 bits per heavy atom. The molecule has 23 heavy (non-hydrogen) atoms. The zero-order chi connectivity index (χ0) is 16.1. The Hall–Kier alpha value is -2.60. The van der Waals surface area contributed by atoms with Crippen molar-refractivity contribution in [1.82, 2.24) is 0 Å². The lowest BCUT2D eigenvalue weighted by Gasteiger charge is -2.30. The Morgan fingerprint density at radius 3 is 2.26 bits per heavy atom. The number of hydrogen-bond acceptors (Lipinski definition) is 3. The minimum atomic E-state index is -0.522. The van der Waals surface area contributed by atoms with Crippen molar-refractivity contribution in [1.29, 1.82) is 5.26 Å². The topological polar surface area (TPSA) is 50.1 Å². The second-order valence-electron chi connectivity index (χ2n) is 6.03. The fourth-order valence-electron chi connectivity index (χ4n) is 3.03. The van der Waals surface area contributed by atoms with Gasteiger partial charge in [-0.1, -0.05) is 42.5 Å². The van der Waals surface area contributed by atoms with Crippen molar-refractivity contribution in [2.45, 2.75) is 37.7 Å². The van der Waals surface area contributed by atoms with Crippen LogP contribution in [0.25, 0.3) is 0 Å². The molecule has 3 heteroatoms. The third-order valence-electron chi connectivity index (χ3n) is 4.53. The van der Waals surface area contributed by atoms with Gasteiger partial charge in [0.25, 0.3) is 0 Å². The third kappa shape index (κ3) is 3.43. The predicted molar refractivity (Wildman–Crippen MR) is 88.0 cm³/mol. The molecular formula is C20H19NO2. The van der Waals surface area contributed by atoms with Gasteiger partial charge in [0.15, 0.2) is 0 Å². The average Bonchev–Trinajstić information content (AvgIpc) is 2.62. The summed E-state index contributed by atoms with van der Waals surface area (Å²) < 4.78 is 5.78. The SMILES string of the molecule is N#CC1(c2ccc(OCc3ccccc3)cc2)CCC(=O)CC1. The molecule has 3 nitrogen and oxygen atoms in total. The largest absolute Gasteiger partial charge is 0.489 e. The number of ketones is 1. The molecule has 0 unspecified atom stereocenters. The van der Waals surface area contributed by atoms with Crippen molar-refractivity contribution in [3.8, 4) is 11.8 Å². The van der Waals surface area contributed by atoms with Crippen molar-refractivity contribution >= 4 is 5.78 Å². The van der Waals surface area contributed by atoms with Gasteiger partial charge in [-0.3, -0.25) is 4.79 Å². The van der Waals surface area contributed by atoms with Gasteiger partial charge in [0, 0.05) is 12.8 Å². The van der Waals surface area contributed by atoms with E-state index in [1.807, 2.05) is 54.6 Å². The first-order chi connectivity index (χ1) is 11.2. The molecule has 1 aliphatic rings. The molecule has 0 aromatic heterocycles. The first-order valence-corrected chi connectivity index (χ1v) is 7.92. The van der Waals surface area contributed by atoms with E-state index < -0.39 is 5.41 Å². The molecule has 0 amide bonds. The number of rotatable bonds is 4. The quantitative estimate of drug-likeness (QED) is 0.851. The lowest BCUT2D eigenvalue weighted by Crippen LogP contribution is -2.30. The lowest BCUT2D eigenvalue weighted by atomic mass is 9.70. The van der Waals surface area contributed by atoms with Crippen molar-refractivity contribution in [3.05, 3.63) is 65.7 Å². The highest BCUT2D eigenvalue weighted by atomic mass is 16.5. The Bertz CT molecular complexity index is 704. The van der Waals surface area contributed by atoms with Crippen LogP contribution in [0.4, 0.5) is 0 Å². The summed E-state index contributed by atoms with van der Waals surface area (Å²) >= 11 is 0. The normalized spacial score (nSPS) is 16.6. The van der Waals surface area contributed by atoms with Gasteiger partial charge >= 0.3 is 0 Å². The summed E-state index contributed by atoms with van der Waals surface area (Å²) in [6.45, 7) is 0.526. The van der Waals surface area contributed by atoms with Gasteiger partial charge in [-0.2, -0.15) is 5.26 Å². The summed E-state index contributed by atoms with van der Waals surface area (Å²) in [5.41, 5.74) is 1.58. The van der Waals surface area contributed by atoms with Crippen LogP contribution in [0.2, 0.25) is 0 Å². The Kier molecular flexibility index (Phi) is 4.43. The highest BCUT2D eigenvalue weighted by Crippen LogP contribution is 2.38. The first-order valence-electron chi connectivity index (χ1n) is 7.92. The maximum atomic E-state index is 11.4. The molecule has 2 aromatic carbocycles. The second kappa shape index (κ2) is 6.66. The molecule has 0 saturated heterocycles. The molecule has 3 rings (SSSR count). The minimum absolute atomic E-state index is 0.263. The zero-order valence-corrected chi connectivity index (χ0v) is 13.0. The van der Waals surface area contributed by atoms with Gasteiger partial charge in [-0.25, -0.2) is 0 Å². The van der Waals surface area contributed by atoms with Crippen LogP contribution in [0.5, 0.6) is 5.75 Å². The monoisotopic (exact) mass is 305 g/mol. The fourth-order valence-corrected chi connectivity index (χ4v) is 3.03. The molecular weight excluding hydrogens is 286 g/mol. The maximum Gasteiger partial charge on any atom is 0.133 e. The highest BCUT2D eigenvalue weighted by molar-refractivity contribution is 5.80. The van der Waals surface area contributed by atoms with E-state index in [0.29, 0.717) is 32.3 Å². The summed E-state index contributed by atoms with van der Waals surface area (Å²) in [4.78, 5) is 11.4.